The molecule has 0 bridgehead atoms. The van der Waals surface area contributed by atoms with E-state index in [1.54, 1.807) is 0 Å². The summed E-state index contributed by atoms with van der Waals surface area (Å²) in [4.78, 5) is 35.4. The number of hydrogen-bond donors (Lipinski definition) is 3. The molecule has 1 amide bonds. The molecule has 0 unspecified atom stereocenters. The summed E-state index contributed by atoms with van der Waals surface area (Å²) in [6, 6.07) is 8.83. The normalized spacial score (nSPS) is 11.4. The fourth-order valence-electron chi connectivity index (χ4n) is 2.78. The third kappa shape index (κ3) is 4.06. The molecule has 150 valence electrons. The van der Waals surface area contributed by atoms with E-state index >= 15 is 0 Å². The highest BCUT2D eigenvalue weighted by molar-refractivity contribution is 7.20. The SMILES string of the molecule is O=C(O)CNC(=O)c1c(O)sc2ccc(-c3ccccc3C(F)(F)F)cc2c1=O. The van der Waals surface area contributed by atoms with Gasteiger partial charge in [0.15, 0.2) is 5.06 Å². The predicted octanol–water partition coefficient (Wildman–Crippen LogP) is 3.47. The quantitative estimate of drug-likeness (QED) is 0.596. The fourth-order valence-corrected chi connectivity index (χ4v) is 3.67. The predicted molar refractivity (Wildman–Crippen MR) is 100 cm³/mol. The van der Waals surface area contributed by atoms with Gasteiger partial charge in [-0.3, -0.25) is 14.4 Å². The average Bonchev–Trinajstić information content (AvgIpc) is 2.65. The lowest BCUT2D eigenvalue weighted by Gasteiger charge is -2.13. The van der Waals surface area contributed by atoms with Crippen LogP contribution in [-0.2, 0) is 11.0 Å². The first-order valence-corrected chi connectivity index (χ1v) is 8.87. The van der Waals surface area contributed by atoms with Crippen LogP contribution in [0.15, 0.2) is 47.3 Å². The number of hydrogen-bond acceptors (Lipinski definition) is 5. The van der Waals surface area contributed by atoms with Crippen molar-refractivity contribution in [2.24, 2.45) is 0 Å². The Kier molecular flexibility index (Phi) is 5.29. The molecule has 1 heterocycles. The molecule has 1 aromatic heterocycles. The maximum absolute atomic E-state index is 13.3. The summed E-state index contributed by atoms with van der Waals surface area (Å²) >= 11 is 0.684. The summed E-state index contributed by atoms with van der Waals surface area (Å²) in [7, 11) is 0. The summed E-state index contributed by atoms with van der Waals surface area (Å²) < 4.78 is 40.2. The van der Waals surface area contributed by atoms with Gasteiger partial charge in [-0.05, 0) is 29.3 Å². The van der Waals surface area contributed by atoms with Crippen LogP contribution in [0.4, 0.5) is 13.2 Å². The second-order valence-corrected chi connectivity index (χ2v) is 6.97. The Morgan fingerprint density at radius 1 is 1.10 bits per heavy atom. The molecule has 6 nitrogen and oxygen atoms in total. The number of carboxylic acids is 1. The molecular formula is C19H12F3NO5S. The molecule has 0 radical (unpaired) electrons. The Bertz CT molecular complexity index is 1190. The third-order valence-corrected chi connectivity index (χ3v) is 5.02. The smallest absolute Gasteiger partial charge is 0.417 e. The lowest BCUT2D eigenvalue weighted by Crippen LogP contribution is -2.32. The lowest BCUT2D eigenvalue weighted by atomic mass is 9.98. The van der Waals surface area contributed by atoms with Crippen molar-refractivity contribution in [2.45, 2.75) is 6.18 Å². The molecule has 3 aromatic rings. The monoisotopic (exact) mass is 423 g/mol. The summed E-state index contributed by atoms with van der Waals surface area (Å²) in [6.07, 6.45) is -4.61. The minimum atomic E-state index is -4.61. The summed E-state index contributed by atoms with van der Waals surface area (Å²) in [5.74, 6) is -2.44. The first kappa shape index (κ1) is 20.3. The molecule has 0 saturated heterocycles. The summed E-state index contributed by atoms with van der Waals surface area (Å²) in [5, 5.41) is 19.9. The fraction of sp³-hybridized carbons (Fsp3) is 0.105. The molecule has 0 aliphatic heterocycles. The number of benzene rings is 2. The second kappa shape index (κ2) is 7.55. The largest absolute Gasteiger partial charge is 0.499 e. The second-order valence-electron chi connectivity index (χ2n) is 5.94. The van der Waals surface area contributed by atoms with Gasteiger partial charge in [-0.25, -0.2) is 0 Å². The van der Waals surface area contributed by atoms with E-state index in [4.69, 9.17) is 5.11 Å². The van der Waals surface area contributed by atoms with Crippen molar-refractivity contribution in [1.82, 2.24) is 5.32 Å². The van der Waals surface area contributed by atoms with Crippen LogP contribution in [0, 0.1) is 0 Å². The maximum atomic E-state index is 13.3. The minimum Gasteiger partial charge on any atom is -0.499 e. The number of nitrogens with one attached hydrogen (secondary N) is 1. The van der Waals surface area contributed by atoms with E-state index in [0.29, 0.717) is 11.3 Å². The molecule has 0 atom stereocenters. The van der Waals surface area contributed by atoms with Crippen LogP contribution in [0.3, 0.4) is 0 Å². The van der Waals surface area contributed by atoms with Crippen molar-refractivity contribution in [2.75, 3.05) is 6.54 Å². The van der Waals surface area contributed by atoms with Gasteiger partial charge in [0.1, 0.15) is 12.1 Å². The first-order valence-electron chi connectivity index (χ1n) is 8.06. The maximum Gasteiger partial charge on any atom is 0.417 e. The van der Waals surface area contributed by atoms with E-state index < -0.39 is 46.2 Å². The Balaban J connectivity index is 2.17. The van der Waals surface area contributed by atoms with Crippen molar-refractivity contribution in [3.05, 3.63) is 63.8 Å². The Morgan fingerprint density at radius 2 is 1.79 bits per heavy atom. The van der Waals surface area contributed by atoms with Gasteiger partial charge in [0.05, 0.1) is 5.56 Å². The van der Waals surface area contributed by atoms with Gasteiger partial charge in [0, 0.05) is 10.1 Å². The third-order valence-electron chi connectivity index (χ3n) is 4.04. The lowest BCUT2D eigenvalue weighted by molar-refractivity contribution is -0.137. The van der Waals surface area contributed by atoms with E-state index in [1.165, 1.54) is 36.4 Å². The van der Waals surface area contributed by atoms with Crippen LogP contribution >= 0.6 is 11.3 Å². The Hall–Kier alpha value is -3.40. The van der Waals surface area contributed by atoms with Gasteiger partial charge in [0.2, 0.25) is 5.43 Å². The molecular weight excluding hydrogens is 411 g/mol. The van der Waals surface area contributed by atoms with Crippen molar-refractivity contribution < 1.29 is 33.0 Å². The minimum absolute atomic E-state index is 0.0669. The highest BCUT2D eigenvalue weighted by atomic mass is 32.1. The molecule has 3 N–H and O–H groups in total. The topological polar surface area (TPSA) is 104 Å². The number of carbonyl (C=O) groups excluding carboxylic acids is 1. The van der Waals surface area contributed by atoms with Crippen molar-refractivity contribution in [1.29, 1.82) is 0 Å². The van der Waals surface area contributed by atoms with Crippen LogP contribution in [0.2, 0.25) is 0 Å². The molecule has 0 saturated carbocycles. The zero-order valence-electron chi connectivity index (χ0n) is 14.4. The molecule has 29 heavy (non-hydrogen) atoms. The van der Waals surface area contributed by atoms with Gasteiger partial charge in [-0.15, -0.1) is 0 Å². The molecule has 0 fully saturated rings. The summed E-state index contributed by atoms with van der Waals surface area (Å²) in [5.41, 5.74) is -2.49. The zero-order chi connectivity index (χ0) is 21.3. The number of carbonyl (C=O) groups is 2. The van der Waals surface area contributed by atoms with Gasteiger partial charge >= 0.3 is 12.1 Å². The number of amides is 1. The Morgan fingerprint density at radius 3 is 2.45 bits per heavy atom. The zero-order valence-corrected chi connectivity index (χ0v) is 15.2. The van der Waals surface area contributed by atoms with Gasteiger partial charge in [-0.1, -0.05) is 35.6 Å². The van der Waals surface area contributed by atoms with Crippen LogP contribution in [-0.4, -0.2) is 28.6 Å². The van der Waals surface area contributed by atoms with Gasteiger partial charge < -0.3 is 15.5 Å². The van der Waals surface area contributed by atoms with Gasteiger partial charge in [-0.2, -0.15) is 13.2 Å². The highest BCUT2D eigenvalue weighted by Crippen LogP contribution is 2.38. The van der Waals surface area contributed by atoms with Crippen LogP contribution in [0.1, 0.15) is 15.9 Å². The molecule has 0 aliphatic rings. The number of rotatable bonds is 4. The summed E-state index contributed by atoms with van der Waals surface area (Å²) in [6.45, 7) is -0.764. The molecule has 10 heteroatoms. The van der Waals surface area contributed by atoms with Crippen LogP contribution < -0.4 is 10.7 Å². The average molecular weight is 423 g/mol. The van der Waals surface area contributed by atoms with Crippen LogP contribution in [0.25, 0.3) is 21.2 Å². The van der Waals surface area contributed by atoms with E-state index in [1.807, 2.05) is 5.32 Å². The molecule has 0 spiro atoms. The van der Waals surface area contributed by atoms with E-state index in [-0.39, 0.29) is 21.2 Å². The Labute approximate surface area is 164 Å². The first-order chi connectivity index (χ1) is 13.6. The van der Waals surface area contributed by atoms with Crippen molar-refractivity contribution in [3.8, 4) is 16.2 Å². The standard InChI is InChI=1S/C19H12F3NO5S/c20-19(21,22)12-4-2-1-3-10(12)9-5-6-13-11(7-9)16(26)15(18(28)29-13)17(27)23-8-14(24)25/h1-7,28H,8H2,(H,23,27)(H,24,25). The van der Waals surface area contributed by atoms with E-state index in [0.717, 1.165) is 6.07 Å². The molecule has 3 rings (SSSR count). The van der Waals surface area contributed by atoms with Crippen molar-refractivity contribution >= 4 is 33.3 Å². The number of aromatic hydroxyl groups is 1. The number of alkyl halides is 3. The van der Waals surface area contributed by atoms with E-state index in [9.17, 15) is 32.7 Å². The molecule has 2 aromatic carbocycles. The number of aliphatic carboxylic acids is 1. The molecule has 0 aliphatic carbocycles. The van der Waals surface area contributed by atoms with Crippen LogP contribution in [0.5, 0.6) is 5.06 Å². The van der Waals surface area contributed by atoms with Crippen molar-refractivity contribution in [3.63, 3.8) is 0 Å². The van der Waals surface area contributed by atoms with E-state index in [2.05, 4.69) is 0 Å². The number of fused-ring (bicyclic) bond motifs is 1. The number of halogens is 3. The number of carboxylic acid groups (broad SMARTS) is 1. The van der Waals surface area contributed by atoms with Gasteiger partial charge in [0.25, 0.3) is 5.91 Å². The highest BCUT2D eigenvalue weighted by Gasteiger charge is 2.33.